The molecule has 1 aromatic heterocycles. The minimum atomic E-state index is -0.411. The summed E-state index contributed by atoms with van der Waals surface area (Å²) in [4.78, 5) is 26.8. The Labute approximate surface area is 142 Å². The minimum absolute atomic E-state index is 0.143. The van der Waals surface area contributed by atoms with E-state index in [2.05, 4.69) is 15.6 Å². The number of nitrogens with one attached hydrogen (secondary N) is 3. The number of hydrogen-bond acceptors (Lipinski definition) is 2. The number of H-pyrrole nitrogens is 1. The van der Waals surface area contributed by atoms with Gasteiger partial charge in [0.1, 0.15) is 11.7 Å². The van der Waals surface area contributed by atoms with Crippen molar-refractivity contribution in [1.29, 1.82) is 0 Å². The summed E-state index contributed by atoms with van der Waals surface area (Å²) in [7, 11) is 0. The van der Waals surface area contributed by atoms with Crippen molar-refractivity contribution in [1.82, 2.24) is 4.98 Å². The highest BCUT2D eigenvalue weighted by atomic mass is 35.5. The monoisotopic (exact) mass is 347 g/mol. The van der Waals surface area contributed by atoms with Crippen LogP contribution in [0.2, 0.25) is 0 Å². The fourth-order valence-electron chi connectivity index (χ4n) is 2.73. The van der Waals surface area contributed by atoms with E-state index in [4.69, 9.17) is 11.6 Å². The van der Waals surface area contributed by atoms with Crippen molar-refractivity contribution in [2.45, 2.75) is 13.8 Å². The summed E-state index contributed by atoms with van der Waals surface area (Å²) in [5, 5.41) is 5.42. The van der Waals surface area contributed by atoms with Gasteiger partial charge in [0.05, 0.1) is 11.3 Å². The number of carbonyl (C=O) groups is 2. The summed E-state index contributed by atoms with van der Waals surface area (Å²) >= 11 is 5.52. The molecule has 0 saturated heterocycles. The fourth-order valence-corrected chi connectivity index (χ4v) is 2.79. The highest BCUT2D eigenvalue weighted by Gasteiger charge is 2.25. The Hall–Kier alpha value is -2.60. The van der Waals surface area contributed by atoms with E-state index in [0.29, 0.717) is 28.2 Å². The van der Waals surface area contributed by atoms with Crippen molar-refractivity contribution in [2.24, 2.45) is 0 Å². The maximum Gasteiger partial charge on any atom is 0.256 e. The molecule has 0 radical (unpaired) electrons. The van der Waals surface area contributed by atoms with Crippen LogP contribution in [0.4, 0.5) is 15.8 Å². The smallest absolute Gasteiger partial charge is 0.256 e. The first-order valence-electron chi connectivity index (χ1n) is 7.28. The molecule has 3 rings (SSSR count). The van der Waals surface area contributed by atoms with Crippen LogP contribution >= 0.6 is 11.6 Å². The van der Waals surface area contributed by atoms with E-state index in [0.717, 1.165) is 11.3 Å². The van der Waals surface area contributed by atoms with E-state index >= 15 is 0 Å². The van der Waals surface area contributed by atoms with Crippen LogP contribution in [0.1, 0.15) is 22.5 Å². The maximum absolute atomic E-state index is 13.5. The van der Waals surface area contributed by atoms with Crippen molar-refractivity contribution < 1.29 is 14.0 Å². The first kappa shape index (κ1) is 16.3. The number of aromatic nitrogens is 1. The number of anilines is 2. The summed E-state index contributed by atoms with van der Waals surface area (Å²) in [6.45, 7) is 3.63. The van der Waals surface area contributed by atoms with Gasteiger partial charge in [-0.2, -0.15) is 0 Å². The molecule has 2 heterocycles. The van der Waals surface area contributed by atoms with Gasteiger partial charge >= 0.3 is 0 Å². The Morgan fingerprint density at radius 1 is 1.38 bits per heavy atom. The largest absolute Gasteiger partial charge is 0.357 e. The molecule has 124 valence electrons. The average Bonchev–Trinajstić information content (AvgIpc) is 2.99. The second kappa shape index (κ2) is 6.13. The summed E-state index contributed by atoms with van der Waals surface area (Å²) in [5.74, 6) is -1.17. The van der Waals surface area contributed by atoms with Crippen LogP contribution in [-0.2, 0) is 9.59 Å². The van der Waals surface area contributed by atoms with Gasteiger partial charge in [-0.15, -0.1) is 11.6 Å². The number of rotatable bonds is 3. The van der Waals surface area contributed by atoms with Crippen molar-refractivity contribution in [3.63, 3.8) is 0 Å². The first-order valence-corrected chi connectivity index (χ1v) is 7.82. The second-order valence-corrected chi connectivity index (χ2v) is 5.81. The Bertz CT molecular complexity index is 886. The van der Waals surface area contributed by atoms with Crippen molar-refractivity contribution in [2.75, 3.05) is 16.5 Å². The van der Waals surface area contributed by atoms with Gasteiger partial charge in [-0.25, -0.2) is 4.39 Å². The number of alkyl halides is 1. The van der Waals surface area contributed by atoms with E-state index in [1.54, 1.807) is 13.0 Å². The van der Waals surface area contributed by atoms with Gasteiger partial charge in [0, 0.05) is 22.6 Å². The molecule has 2 amide bonds. The zero-order valence-electron chi connectivity index (χ0n) is 13.1. The third kappa shape index (κ3) is 2.80. The molecule has 0 fully saturated rings. The molecule has 0 unspecified atom stereocenters. The minimum Gasteiger partial charge on any atom is -0.357 e. The third-order valence-electron chi connectivity index (χ3n) is 3.92. The topological polar surface area (TPSA) is 74.0 Å². The lowest BCUT2D eigenvalue weighted by Crippen LogP contribution is -2.13. The predicted octanol–water partition coefficient (Wildman–Crippen LogP) is 3.44. The second-order valence-electron chi connectivity index (χ2n) is 5.55. The number of benzene rings is 1. The standard InChI is InChI=1S/C17H15ClFN3O2/c1-8-14(20-9(2)16(8)22-15(23)7-18)6-12-11-5-10(19)3-4-13(11)21-17(12)24/h3-6,20H,7H2,1-2H3,(H,21,24)(H,22,23)/b12-6-. The Morgan fingerprint density at radius 2 is 2.12 bits per heavy atom. The highest BCUT2D eigenvalue weighted by Crippen LogP contribution is 2.35. The zero-order valence-corrected chi connectivity index (χ0v) is 13.8. The molecule has 1 aromatic carbocycles. The van der Waals surface area contributed by atoms with Gasteiger partial charge in [-0.05, 0) is 43.7 Å². The maximum atomic E-state index is 13.5. The number of fused-ring (bicyclic) bond motifs is 1. The molecule has 0 spiro atoms. The molecule has 7 heteroatoms. The average molecular weight is 348 g/mol. The van der Waals surface area contributed by atoms with Crippen molar-refractivity contribution >= 4 is 46.4 Å². The lowest BCUT2D eigenvalue weighted by Gasteiger charge is -2.03. The Balaban J connectivity index is 2.04. The summed E-state index contributed by atoms with van der Waals surface area (Å²) in [6, 6.07) is 4.15. The van der Waals surface area contributed by atoms with Gasteiger partial charge in [-0.3, -0.25) is 9.59 Å². The van der Waals surface area contributed by atoms with E-state index < -0.39 is 5.82 Å². The van der Waals surface area contributed by atoms with Crippen molar-refractivity contribution in [3.8, 4) is 0 Å². The highest BCUT2D eigenvalue weighted by molar-refractivity contribution is 6.35. The number of aromatic amines is 1. The molecular weight excluding hydrogens is 333 g/mol. The molecule has 3 N–H and O–H groups in total. The molecule has 1 aliphatic heterocycles. The van der Waals surface area contributed by atoms with Crippen LogP contribution in [-0.4, -0.2) is 22.7 Å². The SMILES string of the molecule is Cc1[nH]c(/C=C2\C(=O)Nc3ccc(F)cc32)c(C)c1NC(=O)CCl. The third-order valence-corrected chi connectivity index (χ3v) is 4.16. The number of hydrogen-bond donors (Lipinski definition) is 3. The molecule has 1 aliphatic rings. The number of carbonyl (C=O) groups excluding carboxylic acids is 2. The number of amides is 2. The normalized spacial score (nSPS) is 14.7. The molecular formula is C17H15ClFN3O2. The van der Waals surface area contributed by atoms with Crippen LogP contribution in [0.15, 0.2) is 18.2 Å². The van der Waals surface area contributed by atoms with E-state index in [9.17, 15) is 14.0 Å². The lowest BCUT2D eigenvalue weighted by molar-refractivity contribution is -0.114. The molecule has 5 nitrogen and oxygen atoms in total. The van der Waals surface area contributed by atoms with Crippen LogP contribution in [0.3, 0.4) is 0 Å². The molecule has 0 aliphatic carbocycles. The van der Waals surface area contributed by atoms with E-state index in [1.165, 1.54) is 18.2 Å². The van der Waals surface area contributed by atoms with Gasteiger partial charge in [0.2, 0.25) is 5.91 Å². The summed E-state index contributed by atoms with van der Waals surface area (Å²) in [6.07, 6.45) is 1.65. The van der Waals surface area contributed by atoms with E-state index in [1.807, 2.05) is 6.92 Å². The van der Waals surface area contributed by atoms with Crippen LogP contribution in [0.25, 0.3) is 11.6 Å². The quantitative estimate of drug-likeness (QED) is 0.587. The van der Waals surface area contributed by atoms with Crippen LogP contribution < -0.4 is 10.6 Å². The molecule has 0 atom stereocenters. The zero-order chi connectivity index (χ0) is 17.4. The first-order chi connectivity index (χ1) is 11.4. The van der Waals surface area contributed by atoms with E-state index in [-0.39, 0.29) is 17.7 Å². The summed E-state index contributed by atoms with van der Waals surface area (Å²) < 4.78 is 13.5. The molecule has 0 saturated carbocycles. The number of aryl methyl sites for hydroxylation is 1. The van der Waals surface area contributed by atoms with Crippen LogP contribution in [0.5, 0.6) is 0 Å². The molecule has 2 aromatic rings. The Kier molecular flexibility index (Phi) is 4.15. The lowest BCUT2D eigenvalue weighted by atomic mass is 10.0. The predicted molar refractivity (Wildman–Crippen MR) is 92.5 cm³/mol. The summed E-state index contributed by atoms with van der Waals surface area (Å²) in [5.41, 5.74) is 4.27. The fraction of sp³-hybridized carbons (Fsp3) is 0.176. The van der Waals surface area contributed by atoms with Gasteiger partial charge < -0.3 is 15.6 Å². The number of halogens is 2. The van der Waals surface area contributed by atoms with Crippen LogP contribution in [0, 0.1) is 19.7 Å². The molecule has 24 heavy (non-hydrogen) atoms. The Morgan fingerprint density at radius 3 is 2.83 bits per heavy atom. The van der Waals surface area contributed by atoms with Crippen molar-refractivity contribution in [3.05, 3.63) is 46.5 Å². The van der Waals surface area contributed by atoms with Gasteiger partial charge in [0.15, 0.2) is 0 Å². The molecule has 0 bridgehead atoms. The van der Waals surface area contributed by atoms with Gasteiger partial charge in [0.25, 0.3) is 5.91 Å². The van der Waals surface area contributed by atoms with Gasteiger partial charge in [-0.1, -0.05) is 0 Å².